The van der Waals surface area contributed by atoms with Gasteiger partial charge in [0, 0.05) is 12.8 Å². The Morgan fingerprint density at radius 3 is 1.00 bits per heavy atom. The molecule has 5 nitrogen and oxygen atoms in total. The summed E-state index contributed by atoms with van der Waals surface area (Å²) in [5.74, 6) is -0.466. The van der Waals surface area contributed by atoms with Crippen molar-refractivity contribution < 1.29 is 24.9 Å². The SMILES string of the molecule is CC(C)CCCCCCCCCCCCCCC(=O)O.CCCCCCC(O)CCCCCCCCCCC(=O)O. The van der Waals surface area contributed by atoms with Crippen molar-refractivity contribution in [3.05, 3.63) is 0 Å². The van der Waals surface area contributed by atoms with Crippen LogP contribution in [-0.4, -0.2) is 33.4 Å². The monoisotopic (exact) mass is 585 g/mol. The minimum atomic E-state index is -0.678. The molecule has 0 heterocycles. The van der Waals surface area contributed by atoms with Gasteiger partial charge in [-0.15, -0.1) is 0 Å². The number of carbonyl (C=O) groups is 2. The number of aliphatic carboxylic acids is 2. The van der Waals surface area contributed by atoms with Crippen LogP contribution in [0.5, 0.6) is 0 Å². The summed E-state index contributed by atoms with van der Waals surface area (Å²) in [4.78, 5) is 20.7. The molecule has 0 fully saturated rings. The molecule has 0 aliphatic rings. The molecule has 0 radical (unpaired) electrons. The van der Waals surface area contributed by atoms with E-state index < -0.39 is 11.9 Å². The lowest BCUT2D eigenvalue weighted by atomic mass is 10.0. The van der Waals surface area contributed by atoms with Crippen molar-refractivity contribution >= 4 is 11.9 Å². The molecule has 41 heavy (non-hydrogen) atoms. The average Bonchev–Trinajstić information content (AvgIpc) is 2.92. The van der Waals surface area contributed by atoms with Gasteiger partial charge in [0.25, 0.3) is 0 Å². The fourth-order valence-corrected chi connectivity index (χ4v) is 5.26. The summed E-state index contributed by atoms with van der Waals surface area (Å²) in [5.41, 5.74) is 0. The second-order valence-corrected chi connectivity index (χ2v) is 12.8. The number of hydrogen-bond acceptors (Lipinski definition) is 3. The third-order valence-electron chi connectivity index (χ3n) is 7.99. The average molecular weight is 585 g/mol. The van der Waals surface area contributed by atoms with E-state index in [-0.39, 0.29) is 6.10 Å². The van der Waals surface area contributed by atoms with Crippen LogP contribution in [0.3, 0.4) is 0 Å². The van der Waals surface area contributed by atoms with E-state index in [1.54, 1.807) is 0 Å². The number of rotatable bonds is 31. The van der Waals surface area contributed by atoms with Gasteiger partial charge in [-0.25, -0.2) is 0 Å². The molecule has 0 bridgehead atoms. The molecular formula is C36H72O5. The first-order chi connectivity index (χ1) is 19.8. The van der Waals surface area contributed by atoms with Gasteiger partial charge in [0.05, 0.1) is 6.10 Å². The largest absolute Gasteiger partial charge is 0.481 e. The summed E-state index contributed by atoms with van der Waals surface area (Å²) in [6, 6.07) is 0. The fourth-order valence-electron chi connectivity index (χ4n) is 5.26. The normalized spacial score (nSPS) is 11.8. The van der Waals surface area contributed by atoms with Crippen molar-refractivity contribution in [2.45, 2.75) is 213 Å². The van der Waals surface area contributed by atoms with Crippen molar-refractivity contribution in [2.75, 3.05) is 0 Å². The zero-order chi connectivity index (χ0) is 30.8. The molecule has 0 aromatic heterocycles. The highest BCUT2D eigenvalue weighted by Crippen LogP contribution is 2.15. The lowest BCUT2D eigenvalue weighted by molar-refractivity contribution is -0.138. The molecular weight excluding hydrogens is 512 g/mol. The number of carboxylic acid groups (broad SMARTS) is 2. The van der Waals surface area contributed by atoms with Gasteiger partial charge in [-0.05, 0) is 31.6 Å². The van der Waals surface area contributed by atoms with Crippen LogP contribution in [-0.2, 0) is 9.59 Å². The fraction of sp³-hybridized carbons (Fsp3) is 0.944. The van der Waals surface area contributed by atoms with Gasteiger partial charge in [0.15, 0.2) is 0 Å². The summed E-state index contributed by atoms with van der Waals surface area (Å²) in [7, 11) is 0. The Balaban J connectivity index is 0. The molecule has 0 aliphatic carbocycles. The second-order valence-electron chi connectivity index (χ2n) is 12.8. The van der Waals surface area contributed by atoms with Crippen LogP contribution in [0.15, 0.2) is 0 Å². The maximum absolute atomic E-state index is 10.3. The highest BCUT2D eigenvalue weighted by atomic mass is 16.4. The zero-order valence-electron chi connectivity index (χ0n) is 27.8. The van der Waals surface area contributed by atoms with Crippen LogP contribution in [0.1, 0.15) is 207 Å². The van der Waals surface area contributed by atoms with Crippen molar-refractivity contribution in [2.24, 2.45) is 5.92 Å². The predicted molar refractivity (Wildman–Crippen MR) is 176 cm³/mol. The Morgan fingerprint density at radius 1 is 0.439 bits per heavy atom. The Labute approximate surface area is 255 Å². The van der Waals surface area contributed by atoms with Gasteiger partial charge >= 0.3 is 11.9 Å². The maximum Gasteiger partial charge on any atom is 0.303 e. The Morgan fingerprint density at radius 2 is 0.707 bits per heavy atom. The summed E-state index contributed by atoms with van der Waals surface area (Å²) in [5, 5.41) is 26.9. The third kappa shape index (κ3) is 43.5. The lowest BCUT2D eigenvalue weighted by Gasteiger charge is -2.10. The van der Waals surface area contributed by atoms with Gasteiger partial charge in [0.2, 0.25) is 0 Å². The second kappa shape index (κ2) is 35.1. The summed E-state index contributed by atoms with van der Waals surface area (Å²) < 4.78 is 0. The summed E-state index contributed by atoms with van der Waals surface area (Å²) in [6.07, 6.45) is 33.6. The molecule has 0 aliphatic heterocycles. The van der Waals surface area contributed by atoms with Gasteiger partial charge < -0.3 is 15.3 Å². The van der Waals surface area contributed by atoms with Crippen molar-refractivity contribution in [1.82, 2.24) is 0 Å². The van der Waals surface area contributed by atoms with Crippen LogP contribution in [0.25, 0.3) is 0 Å². The number of unbranched alkanes of at least 4 members (excludes halogenated alkanes) is 21. The van der Waals surface area contributed by atoms with Crippen molar-refractivity contribution in [3.8, 4) is 0 Å². The molecule has 0 rings (SSSR count). The minimum Gasteiger partial charge on any atom is -0.481 e. The smallest absolute Gasteiger partial charge is 0.303 e. The van der Waals surface area contributed by atoms with Crippen LogP contribution >= 0.6 is 0 Å². The van der Waals surface area contributed by atoms with Gasteiger partial charge in [0.1, 0.15) is 0 Å². The van der Waals surface area contributed by atoms with E-state index in [9.17, 15) is 14.7 Å². The van der Waals surface area contributed by atoms with Crippen molar-refractivity contribution in [3.63, 3.8) is 0 Å². The standard InChI is InChI=1S/C18H36O3.C18H36O2/c1-2-3-4-11-14-17(19)15-12-9-7-5-6-8-10-13-16-18(20)21;1-17(2)15-13-11-9-7-5-3-4-6-8-10-12-14-16-18(19)20/h17,19H,2-16H2,1H3,(H,20,21);17H,3-16H2,1-2H3,(H,19,20). The number of hydrogen-bond donors (Lipinski definition) is 3. The van der Waals surface area contributed by atoms with E-state index in [2.05, 4.69) is 20.8 Å². The molecule has 0 spiro atoms. The van der Waals surface area contributed by atoms with E-state index in [0.29, 0.717) is 12.8 Å². The Hall–Kier alpha value is -1.10. The van der Waals surface area contributed by atoms with Crippen LogP contribution in [0.2, 0.25) is 0 Å². The first-order valence-corrected chi connectivity index (χ1v) is 17.9. The molecule has 0 amide bonds. The Bertz CT molecular complexity index is 534. The van der Waals surface area contributed by atoms with Gasteiger partial charge in [-0.1, -0.05) is 168 Å². The van der Waals surface area contributed by atoms with E-state index in [1.165, 1.54) is 122 Å². The van der Waals surface area contributed by atoms with Gasteiger partial charge in [-0.3, -0.25) is 9.59 Å². The first kappa shape index (κ1) is 42.0. The number of aliphatic hydroxyl groups excluding tert-OH is 1. The molecule has 1 atom stereocenters. The lowest BCUT2D eigenvalue weighted by Crippen LogP contribution is -2.05. The Kier molecular flexibility index (Phi) is 36.0. The summed E-state index contributed by atoms with van der Waals surface area (Å²) in [6.45, 7) is 6.83. The highest BCUT2D eigenvalue weighted by molar-refractivity contribution is 5.66. The number of aliphatic hydroxyl groups is 1. The molecule has 1 unspecified atom stereocenters. The highest BCUT2D eigenvalue weighted by Gasteiger charge is 2.03. The molecule has 0 aromatic rings. The molecule has 246 valence electrons. The van der Waals surface area contributed by atoms with Crippen molar-refractivity contribution in [1.29, 1.82) is 0 Å². The third-order valence-corrected chi connectivity index (χ3v) is 7.99. The van der Waals surface area contributed by atoms with E-state index in [0.717, 1.165) is 57.3 Å². The molecule has 0 saturated carbocycles. The van der Waals surface area contributed by atoms with E-state index in [1.807, 2.05) is 0 Å². The topological polar surface area (TPSA) is 94.8 Å². The predicted octanol–water partition coefficient (Wildman–Crippen LogP) is 11.5. The molecule has 0 saturated heterocycles. The van der Waals surface area contributed by atoms with Crippen LogP contribution in [0, 0.1) is 5.92 Å². The summed E-state index contributed by atoms with van der Waals surface area (Å²) >= 11 is 0. The minimum absolute atomic E-state index is 0.0853. The molecule has 3 N–H and O–H groups in total. The zero-order valence-corrected chi connectivity index (χ0v) is 27.8. The molecule has 0 aromatic carbocycles. The maximum atomic E-state index is 10.3. The van der Waals surface area contributed by atoms with E-state index in [4.69, 9.17) is 10.2 Å². The quantitative estimate of drug-likeness (QED) is 0.0704. The van der Waals surface area contributed by atoms with E-state index >= 15 is 0 Å². The van der Waals surface area contributed by atoms with Crippen LogP contribution < -0.4 is 0 Å². The van der Waals surface area contributed by atoms with Crippen LogP contribution in [0.4, 0.5) is 0 Å². The van der Waals surface area contributed by atoms with Gasteiger partial charge in [-0.2, -0.15) is 0 Å². The first-order valence-electron chi connectivity index (χ1n) is 17.9. The number of carboxylic acids is 2. The molecule has 5 heteroatoms.